The lowest BCUT2D eigenvalue weighted by atomic mass is 10.2. The minimum absolute atomic E-state index is 0.154. The van der Waals surface area contributed by atoms with Gasteiger partial charge in [-0.05, 0) is 43.5 Å². The second kappa shape index (κ2) is 6.34. The molecule has 0 atom stereocenters. The Balaban J connectivity index is 2.09. The Morgan fingerprint density at radius 2 is 1.96 bits per heavy atom. The first-order valence-corrected chi connectivity index (χ1v) is 7.72. The number of hydrogen-bond donors (Lipinski definition) is 2. The van der Waals surface area contributed by atoms with E-state index in [9.17, 15) is 0 Å². The maximum atomic E-state index is 9.08. The molecule has 6 nitrogen and oxygen atoms in total. The van der Waals surface area contributed by atoms with Crippen LogP contribution in [0.15, 0.2) is 30.9 Å². The molecule has 6 heteroatoms. The number of fused-ring (bicyclic) bond motifs is 1. The predicted molar refractivity (Wildman–Crippen MR) is 88.1 cm³/mol. The van der Waals surface area contributed by atoms with Crippen LogP contribution in [0.1, 0.15) is 23.2 Å². The molecule has 120 valence electrons. The lowest BCUT2D eigenvalue weighted by Crippen LogP contribution is -2.22. The van der Waals surface area contributed by atoms with Gasteiger partial charge < -0.3 is 14.2 Å². The van der Waals surface area contributed by atoms with Crippen molar-refractivity contribution in [3.8, 4) is 0 Å². The van der Waals surface area contributed by atoms with Crippen molar-refractivity contribution in [2.45, 2.75) is 33.4 Å². The number of aliphatic hydroxyl groups excluding tert-OH is 1. The van der Waals surface area contributed by atoms with E-state index < -0.39 is 0 Å². The number of nitrogens with one attached hydrogen (secondary N) is 1. The molecule has 0 saturated heterocycles. The molecule has 3 aromatic heterocycles. The van der Waals surface area contributed by atoms with E-state index in [4.69, 9.17) is 10.5 Å². The zero-order chi connectivity index (χ0) is 16.4. The first kappa shape index (κ1) is 15.4. The van der Waals surface area contributed by atoms with Gasteiger partial charge in [-0.2, -0.15) is 0 Å². The van der Waals surface area contributed by atoms with Crippen molar-refractivity contribution in [3.05, 3.63) is 53.2 Å². The van der Waals surface area contributed by atoms with Crippen LogP contribution in [0.4, 0.5) is 0 Å². The quantitative estimate of drug-likeness (QED) is 0.753. The van der Waals surface area contributed by atoms with Crippen LogP contribution in [0.2, 0.25) is 0 Å². The number of aromatic nitrogens is 4. The summed E-state index contributed by atoms with van der Waals surface area (Å²) >= 11 is 0. The zero-order valence-electron chi connectivity index (χ0n) is 13.5. The first-order chi connectivity index (χ1) is 11.1. The molecular weight excluding hydrogens is 290 g/mol. The molecular formula is C17H21N5O. The Kier molecular flexibility index (Phi) is 4.25. The number of rotatable bonds is 5. The number of hydrogen-bond acceptors (Lipinski definition) is 4. The highest BCUT2D eigenvalue weighted by Crippen LogP contribution is 2.20. The first-order valence-electron chi connectivity index (χ1n) is 7.72. The molecule has 0 bridgehead atoms. The van der Waals surface area contributed by atoms with Crippen molar-refractivity contribution < 1.29 is 5.11 Å². The van der Waals surface area contributed by atoms with Crippen molar-refractivity contribution in [1.82, 2.24) is 19.1 Å². The standard InChI is InChI=1S/C17H21N5O/c1-12-13(2)22(8-3-9-23)17-15(12)16(18)21(11-20-17)10-14-4-6-19-7-5-14/h4-7,11,18,23H,3,8-10H2,1-2H3. The van der Waals surface area contributed by atoms with E-state index in [-0.39, 0.29) is 6.61 Å². The summed E-state index contributed by atoms with van der Waals surface area (Å²) in [7, 11) is 0. The van der Waals surface area contributed by atoms with Gasteiger partial charge in [0, 0.05) is 31.2 Å². The summed E-state index contributed by atoms with van der Waals surface area (Å²) in [6.07, 6.45) is 5.92. The summed E-state index contributed by atoms with van der Waals surface area (Å²) in [6, 6.07) is 3.89. The Hall–Kier alpha value is -2.47. The molecule has 2 N–H and O–H groups in total. The van der Waals surface area contributed by atoms with Gasteiger partial charge in [-0.15, -0.1) is 0 Å². The van der Waals surface area contributed by atoms with Gasteiger partial charge in [0.05, 0.1) is 18.3 Å². The second-order valence-electron chi connectivity index (χ2n) is 5.71. The molecule has 0 aromatic carbocycles. The normalized spacial score (nSPS) is 11.3. The Bertz CT molecular complexity index is 879. The van der Waals surface area contributed by atoms with E-state index in [1.807, 2.05) is 30.5 Å². The highest BCUT2D eigenvalue weighted by molar-refractivity contribution is 5.80. The topological polar surface area (TPSA) is 79.7 Å². The average Bonchev–Trinajstić information content (AvgIpc) is 2.81. The van der Waals surface area contributed by atoms with Crippen LogP contribution in [-0.2, 0) is 13.1 Å². The molecule has 23 heavy (non-hydrogen) atoms. The van der Waals surface area contributed by atoms with E-state index in [2.05, 4.69) is 14.5 Å². The van der Waals surface area contributed by atoms with Gasteiger partial charge in [-0.1, -0.05) is 0 Å². The summed E-state index contributed by atoms with van der Waals surface area (Å²) < 4.78 is 3.94. The van der Waals surface area contributed by atoms with Crippen LogP contribution in [0.3, 0.4) is 0 Å². The summed E-state index contributed by atoms with van der Waals surface area (Å²) in [5.41, 5.74) is 4.57. The Morgan fingerprint density at radius 3 is 2.65 bits per heavy atom. The van der Waals surface area contributed by atoms with Crippen molar-refractivity contribution >= 4 is 11.0 Å². The van der Waals surface area contributed by atoms with Crippen LogP contribution in [0, 0.1) is 19.3 Å². The molecule has 0 amide bonds. The minimum Gasteiger partial charge on any atom is -0.396 e. The average molecular weight is 311 g/mol. The maximum absolute atomic E-state index is 9.08. The van der Waals surface area contributed by atoms with Crippen LogP contribution < -0.4 is 5.49 Å². The molecule has 0 saturated carbocycles. The SMILES string of the molecule is Cc1c(C)n(CCCO)c2ncn(Cc3ccncc3)c(=N)c12. The van der Waals surface area contributed by atoms with Gasteiger partial charge in [-0.3, -0.25) is 10.4 Å². The lowest BCUT2D eigenvalue weighted by molar-refractivity contribution is 0.280. The monoisotopic (exact) mass is 311 g/mol. The highest BCUT2D eigenvalue weighted by atomic mass is 16.3. The molecule has 0 spiro atoms. The Labute approximate surface area is 134 Å². The third-order valence-electron chi connectivity index (χ3n) is 4.29. The van der Waals surface area contributed by atoms with Gasteiger partial charge in [0.25, 0.3) is 0 Å². The number of pyridine rings is 1. The van der Waals surface area contributed by atoms with E-state index in [1.165, 1.54) is 0 Å². The van der Waals surface area contributed by atoms with Crippen molar-refractivity contribution in [2.75, 3.05) is 6.61 Å². The largest absolute Gasteiger partial charge is 0.396 e. The summed E-state index contributed by atoms with van der Waals surface area (Å²) in [5.74, 6) is 0. The van der Waals surface area contributed by atoms with Crippen molar-refractivity contribution in [3.63, 3.8) is 0 Å². The second-order valence-corrected chi connectivity index (χ2v) is 5.71. The summed E-state index contributed by atoms with van der Waals surface area (Å²) in [5, 5.41) is 18.5. The number of nitrogens with zero attached hydrogens (tertiary/aromatic N) is 4. The van der Waals surface area contributed by atoms with Gasteiger partial charge in [0.15, 0.2) is 0 Å². The fraction of sp³-hybridized carbons (Fsp3) is 0.353. The Morgan fingerprint density at radius 1 is 1.22 bits per heavy atom. The summed E-state index contributed by atoms with van der Waals surface area (Å²) in [4.78, 5) is 8.60. The van der Waals surface area contributed by atoms with E-state index in [0.717, 1.165) is 27.9 Å². The maximum Gasteiger partial charge on any atom is 0.145 e. The fourth-order valence-electron chi connectivity index (χ4n) is 2.90. The molecule has 0 aliphatic rings. The van der Waals surface area contributed by atoms with E-state index in [1.54, 1.807) is 18.7 Å². The van der Waals surface area contributed by atoms with Crippen LogP contribution in [0.5, 0.6) is 0 Å². The van der Waals surface area contributed by atoms with Gasteiger partial charge >= 0.3 is 0 Å². The molecule has 0 aliphatic heterocycles. The van der Waals surface area contributed by atoms with Crippen molar-refractivity contribution in [1.29, 1.82) is 5.41 Å². The fourth-order valence-corrected chi connectivity index (χ4v) is 2.90. The van der Waals surface area contributed by atoms with Crippen LogP contribution in [-0.4, -0.2) is 30.8 Å². The van der Waals surface area contributed by atoms with Crippen LogP contribution >= 0.6 is 0 Å². The third-order valence-corrected chi connectivity index (χ3v) is 4.29. The molecule has 0 unspecified atom stereocenters. The number of aliphatic hydroxyl groups is 1. The van der Waals surface area contributed by atoms with Gasteiger partial charge in [0.2, 0.25) is 0 Å². The van der Waals surface area contributed by atoms with Gasteiger partial charge in [-0.25, -0.2) is 4.98 Å². The lowest BCUT2D eigenvalue weighted by Gasteiger charge is -2.09. The summed E-state index contributed by atoms with van der Waals surface area (Å²) in [6.45, 7) is 5.55. The van der Waals surface area contributed by atoms with Crippen molar-refractivity contribution in [2.24, 2.45) is 0 Å². The molecule has 0 fully saturated rings. The van der Waals surface area contributed by atoms with Crippen LogP contribution in [0.25, 0.3) is 11.0 Å². The predicted octanol–water partition coefficient (Wildman–Crippen LogP) is 1.76. The molecule has 0 aliphatic carbocycles. The van der Waals surface area contributed by atoms with E-state index >= 15 is 0 Å². The third kappa shape index (κ3) is 2.77. The molecule has 3 rings (SSSR count). The minimum atomic E-state index is 0.154. The smallest absolute Gasteiger partial charge is 0.145 e. The zero-order valence-corrected chi connectivity index (χ0v) is 13.5. The molecule has 3 heterocycles. The van der Waals surface area contributed by atoms with E-state index in [0.29, 0.717) is 25.0 Å². The highest BCUT2D eigenvalue weighted by Gasteiger charge is 2.14. The molecule has 3 aromatic rings. The van der Waals surface area contributed by atoms with Gasteiger partial charge in [0.1, 0.15) is 11.1 Å². The molecule has 0 radical (unpaired) electrons. The number of aryl methyl sites for hydroxylation is 2.